The number of carbonyl (C=O) groups excluding carboxylic acids is 1. The molecule has 170 valence electrons. The Morgan fingerprint density at radius 3 is 2.27 bits per heavy atom. The monoisotopic (exact) mass is 460 g/mol. The number of benzene rings is 3. The number of carbonyl (C=O) groups is 1. The summed E-state index contributed by atoms with van der Waals surface area (Å²) in [6.45, 7) is 5.05. The van der Waals surface area contributed by atoms with Crippen molar-refractivity contribution in [3.63, 3.8) is 0 Å². The second-order valence-electron chi connectivity index (χ2n) is 7.90. The third-order valence-electron chi connectivity index (χ3n) is 5.69. The van der Waals surface area contributed by atoms with Gasteiger partial charge in [0.15, 0.2) is 5.11 Å². The van der Waals surface area contributed by atoms with Gasteiger partial charge < -0.3 is 15.0 Å². The third kappa shape index (κ3) is 6.09. The van der Waals surface area contributed by atoms with E-state index in [4.69, 9.17) is 17.0 Å². The van der Waals surface area contributed by atoms with Gasteiger partial charge in [0.2, 0.25) is 0 Å². The van der Waals surface area contributed by atoms with Crippen LogP contribution in [0.15, 0.2) is 78.9 Å². The van der Waals surface area contributed by atoms with E-state index in [1.807, 2.05) is 18.2 Å². The lowest BCUT2D eigenvalue weighted by Crippen LogP contribution is -2.45. The molecule has 4 rings (SSSR count). The van der Waals surface area contributed by atoms with Gasteiger partial charge in [0.1, 0.15) is 5.75 Å². The van der Waals surface area contributed by atoms with E-state index in [2.05, 4.69) is 62.9 Å². The van der Waals surface area contributed by atoms with Crippen LogP contribution < -0.4 is 20.3 Å². The van der Waals surface area contributed by atoms with E-state index in [0.717, 1.165) is 38.4 Å². The van der Waals surface area contributed by atoms with Crippen molar-refractivity contribution < 1.29 is 9.53 Å². The van der Waals surface area contributed by atoms with Crippen molar-refractivity contribution in [2.45, 2.75) is 6.54 Å². The number of para-hydroxylation sites is 1. The summed E-state index contributed by atoms with van der Waals surface area (Å²) in [5.41, 5.74) is 3.80. The minimum absolute atomic E-state index is 0.244. The number of methoxy groups -OCH3 is 1. The Bertz CT molecular complexity index is 1080. The Hall–Kier alpha value is -3.42. The first kappa shape index (κ1) is 22.8. The van der Waals surface area contributed by atoms with Crippen molar-refractivity contribution in [2.24, 2.45) is 0 Å². The molecule has 7 heteroatoms. The predicted molar refractivity (Wildman–Crippen MR) is 137 cm³/mol. The van der Waals surface area contributed by atoms with Crippen LogP contribution in [0.1, 0.15) is 15.9 Å². The van der Waals surface area contributed by atoms with Crippen LogP contribution in [-0.2, 0) is 6.54 Å². The van der Waals surface area contributed by atoms with Crippen LogP contribution in [0.3, 0.4) is 0 Å². The fourth-order valence-corrected chi connectivity index (χ4v) is 4.14. The zero-order valence-corrected chi connectivity index (χ0v) is 19.5. The molecule has 1 saturated heterocycles. The van der Waals surface area contributed by atoms with Gasteiger partial charge in [0, 0.05) is 44.1 Å². The van der Waals surface area contributed by atoms with E-state index in [0.29, 0.717) is 11.3 Å². The van der Waals surface area contributed by atoms with Gasteiger partial charge in [-0.05, 0) is 54.2 Å². The Balaban J connectivity index is 1.27. The maximum absolute atomic E-state index is 12.5. The molecule has 0 spiro atoms. The number of hydrogen-bond donors (Lipinski definition) is 2. The lowest BCUT2D eigenvalue weighted by Gasteiger charge is -2.36. The van der Waals surface area contributed by atoms with E-state index in [-0.39, 0.29) is 11.0 Å². The van der Waals surface area contributed by atoms with Crippen molar-refractivity contribution >= 4 is 34.6 Å². The molecule has 1 aliphatic rings. The summed E-state index contributed by atoms with van der Waals surface area (Å²) in [6.07, 6.45) is 0. The first-order valence-corrected chi connectivity index (χ1v) is 11.4. The zero-order valence-electron chi connectivity index (χ0n) is 18.7. The van der Waals surface area contributed by atoms with Gasteiger partial charge in [0.05, 0.1) is 12.7 Å². The van der Waals surface area contributed by atoms with Crippen LogP contribution >= 0.6 is 12.2 Å². The van der Waals surface area contributed by atoms with Crippen molar-refractivity contribution in [1.29, 1.82) is 0 Å². The van der Waals surface area contributed by atoms with Gasteiger partial charge in [-0.2, -0.15) is 0 Å². The van der Waals surface area contributed by atoms with Gasteiger partial charge >= 0.3 is 0 Å². The van der Waals surface area contributed by atoms with Gasteiger partial charge in [-0.3, -0.25) is 15.0 Å². The molecule has 2 N–H and O–H groups in total. The number of thiocarbonyl (C=S) groups is 1. The van der Waals surface area contributed by atoms with Crippen LogP contribution in [0.4, 0.5) is 11.4 Å². The Labute approximate surface area is 200 Å². The maximum Gasteiger partial charge on any atom is 0.261 e. The first-order valence-electron chi connectivity index (χ1n) is 11.0. The summed E-state index contributed by atoms with van der Waals surface area (Å²) >= 11 is 5.32. The van der Waals surface area contributed by atoms with Crippen LogP contribution in [0, 0.1) is 0 Å². The molecule has 0 aliphatic carbocycles. The van der Waals surface area contributed by atoms with Crippen LogP contribution in [0.2, 0.25) is 0 Å². The summed E-state index contributed by atoms with van der Waals surface area (Å²) < 4.78 is 5.24. The number of nitrogens with one attached hydrogen (secondary N) is 2. The summed E-state index contributed by atoms with van der Waals surface area (Å²) in [5, 5.41) is 6.03. The number of anilines is 2. The molecular formula is C26H28N4O2S. The van der Waals surface area contributed by atoms with Crippen molar-refractivity contribution in [3.8, 4) is 5.75 Å². The molecule has 3 aromatic carbocycles. The molecule has 1 aliphatic heterocycles. The molecule has 0 saturated carbocycles. The molecule has 1 amide bonds. The number of nitrogens with zero attached hydrogens (tertiary/aromatic N) is 2. The Kier molecular flexibility index (Phi) is 7.55. The lowest BCUT2D eigenvalue weighted by atomic mass is 10.2. The SMILES string of the molecule is COc1ccccc1C(=O)NC(=S)Nc1ccc(N2CCN(Cc3ccccc3)CC2)cc1. The average Bonchev–Trinajstić information content (AvgIpc) is 2.85. The topological polar surface area (TPSA) is 56.8 Å². The molecule has 1 fully saturated rings. The molecule has 6 nitrogen and oxygen atoms in total. The Morgan fingerprint density at radius 2 is 1.58 bits per heavy atom. The highest BCUT2D eigenvalue weighted by molar-refractivity contribution is 7.80. The summed E-state index contributed by atoms with van der Waals surface area (Å²) in [4.78, 5) is 17.4. The highest BCUT2D eigenvalue weighted by Gasteiger charge is 2.17. The quantitative estimate of drug-likeness (QED) is 0.539. The molecule has 0 radical (unpaired) electrons. The molecule has 0 aromatic heterocycles. The summed E-state index contributed by atoms with van der Waals surface area (Å²) in [6, 6.07) is 25.8. The molecular weight excluding hydrogens is 432 g/mol. The molecule has 0 atom stereocenters. The fourth-order valence-electron chi connectivity index (χ4n) is 3.93. The van der Waals surface area contributed by atoms with Crippen LogP contribution in [0.5, 0.6) is 5.75 Å². The highest BCUT2D eigenvalue weighted by Crippen LogP contribution is 2.21. The van der Waals surface area contributed by atoms with Crippen molar-refractivity contribution in [3.05, 3.63) is 90.0 Å². The summed E-state index contributed by atoms with van der Waals surface area (Å²) in [7, 11) is 1.54. The molecule has 1 heterocycles. The molecule has 0 unspecified atom stereocenters. The van der Waals surface area contributed by atoms with E-state index >= 15 is 0 Å². The fraction of sp³-hybridized carbons (Fsp3) is 0.231. The number of amides is 1. The van der Waals surface area contributed by atoms with E-state index in [1.54, 1.807) is 18.2 Å². The standard InChI is InChI=1S/C26H28N4O2S/c1-32-24-10-6-5-9-23(24)25(31)28-26(33)27-21-11-13-22(14-12-21)30-17-15-29(16-18-30)19-20-7-3-2-4-8-20/h2-14H,15-19H2,1H3,(H2,27,28,31,33). The van der Waals surface area contributed by atoms with E-state index in [1.165, 1.54) is 18.4 Å². The Morgan fingerprint density at radius 1 is 0.909 bits per heavy atom. The normalized spacial score (nSPS) is 13.9. The van der Waals surface area contributed by atoms with E-state index < -0.39 is 0 Å². The maximum atomic E-state index is 12.5. The minimum atomic E-state index is -0.310. The van der Waals surface area contributed by atoms with Crippen molar-refractivity contribution in [2.75, 3.05) is 43.5 Å². The largest absolute Gasteiger partial charge is 0.496 e. The van der Waals surface area contributed by atoms with Gasteiger partial charge in [-0.15, -0.1) is 0 Å². The summed E-state index contributed by atoms with van der Waals surface area (Å²) in [5.74, 6) is 0.195. The zero-order chi connectivity index (χ0) is 23.0. The molecule has 33 heavy (non-hydrogen) atoms. The first-order chi connectivity index (χ1) is 16.1. The number of piperazine rings is 1. The third-order valence-corrected chi connectivity index (χ3v) is 5.89. The molecule has 0 bridgehead atoms. The average molecular weight is 461 g/mol. The van der Waals surface area contributed by atoms with Crippen LogP contribution in [-0.4, -0.2) is 49.2 Å². The van der Waals surface area contributed by atoms with Gasteiger partial charge in [0.25, 0.3) is 5.91 Å². The smallest absolute Gasteiger partial charge is 0.261 e. The van der Waals surface area contributed by atoms with Gasteiger partial charge in [-0.25, -0.2) is 0 Å². The second kappa shape index (κ2) is 10.9. The lowest BCUT2D eigenvalue weighted by molar-refractivity contribution is 0.0975. The number of ether oxygens (including phenoxy) is 1. The van der Waals surface area contributed by atoms with Crippen molar-refractivity contribution in [1.82, 2.24) is 10.2 Å². The second-order valence-corrected chi connectivity index (χ2v) is 8.31. The highest BCUT2D eigenvalue weighted by atomic mass is 32.1. The molecule has 3 aromatic rings. The number of rotatable bonds is 6. The van der Waals surface area contributed by atoms with Crippen LogP contribution in [0.25, 0.3) is 0 Å². The predicted octanol–water partition coefficient (Wildman–Crippen LogP) is 4.14. The minimum Gasteiger partial charge on any atom is -0.496 e. The number of hydrogen-bond acceptors (Lipinski definition) is 5. The van der Waals surface area contributed by atoms with Gasteiger partial charge in [-0.1, -0.05) is 42.5 Å². The van der Waals surface area contributed by atoms with E-state index in [9.17, 15) is 4.79 Å².